The van der Waals surface area contributed by atoms with Gasteiger partial charge in [0.15, 0.2) is 11.6 Å². The molecule has 9 heteroatoms. The summed E-state index contributed by atoms with van der Waals surface area (Å²) in [5, 5.41) is 19.1. The lowest BCUT2D eigenvalue weighted by Gasteiger charge is -2.18. The minimum Gasteiger partial charge on any atom is -0.364 e. The first-order valence-electron chi connectivity index (χ1n) is 8.46. The van der Waals surface area contributed by atoms with Gasteiger partial charge in [-0.1, -0.05) is 11.6 Å². The van der Waals surface area contributed by atoms with E-state index in [4.69, 9.17) is 26.3 Å². The van der Waals surface area contributed by atoms with Crippen LogP contribution >= 0.6 is 11.6 Å². The van der Waals surface area contributed by atoms with Crippen molar-refractivity contribution in [3.63, 3.8) is 0 Å². The first-order chi connectivity index (χ1) is 13.0. The van der Waals surface area contributed by atoms with Crippen LogP contribution in [0.25, 0.3) is 22.3 Å². The molecule has 0 atom stereocenters. The third-order valence-electron chi connectivity index (χ3n) is 4.67. The molecule has 1 aromatic carbocycles. The van der Waals surface area contributed by atoms with E-state index < -0.39 is 5.60 Å². The lowest BCUT2D eigenvalue weighted by Crippen LogP contribution is -2.17. The summed E-state index contributed by atoms with van der Waals surface area (Å²) in [7, 11) is 0. The number of H-pyrrole nitrogens is 2. The van der Waals surface area contributed by atoms with Gasteiger partial charge in [-0.25, -0.2) is 9.97 Å². The van der Waals surface area contributed by atoms with Crippen molar-refractivity contribution in [2.75, 3.05) is 5.32 Å². The number of anilines is 2. The Morgan fingerprint density at radius 2 is 2.11 bits per heavy atom. The summed E-state index contributed by atoms with van der Waals surface area (Å²) in [5.41, 5.74) is 2.95. The molecule has 4 aromatic rings. The van der Waals surface area contributed by atoms with Gasteiger partial charge in [0.25, 0.3) is 0 Å². The van der Waals surface area contributed by atoms with Gasteiger partial charge in [-0.2, -0.15) is 10.2 Å². The average Bonchev–Trinajstić information content (AvgIpc) is 3.35. The lowest BCUT2D eigenvalue weighted by molar-refractivity contribution is -0.00995. The Morgan fingerprint density at radius 1 is 1.22 bits per heavy atom. The molecule has 0 saturated carbocycles. The Balaban J connectivity index is 1.65. The number of rotatable bonds is 3. The van der Waals surface area contributed by atoms with Crippen LogP contribution in [0.1, 0.15) is 25.1 Å². The minimum absolute atomic E-state index is 0.435. The molecule has 3 aromatic heterocycles. The zero-order valence-corrected chi connectivity index (χ0v) is 15.4. The molecule has 0 unspecified atom stereocenters. The van der Waals surface area contributed by atoms with E-state index in [1.807, 2.05) is 32.0 Å². The Morgan fingerprint density at radius 3 is 2.93 bits per heavy atom. The number of nitrogens with zero attached hydrogens (tertiary/aromatic N) is 4. The molecule has 136 valence electrons. The quantitative estimate of drug-likeness (QED) is 0.497. The van der Waals surface area contributed by atoms with Crippen LogP contribution in [0.2, 0.25) is 5.02 Å². The molecule has 0 aliphatic carbocycles. The van der Waals surface area contributed by atoms with Crippen molar-refractivity contribution in [2.24, 2.45) is 0 Å². The van der Waals surface area contributed by atoms with Crippen molar-refractivity contribution in [1.29, 1.82) is 0 Å². The Labute approximate surface area is 159 Å². The molecule has 1 aliphatic heterocycles. The average molecular weight is 382 g/mol. The number of aromatic nitrogens is 6. The van der Waals surface area contributed by atoms with Crippen LogP contribution < -0.4 is 5.32 Å². The van der Waals surface area contributed by atoms with Gasteiger partial charge in [-0.3, -0.25) is 10.2 Å². The summed E-state index contributed by atoms with van der Waals surface area (Å²) < 4.78 is 5.93. The highest BCUT2D eigenvalue weighted by molar-refractivity contribution is 6.31. The molecule has 5 rings (SSSR count). The van der Waals surface area contributed by atoms with E-state index in [2.05, 4.69) is 25.7 Å². The minimum atomic E-state index is -0.492. The van der Waals surface area contributed by atoms with E-state index in [9.17, 15) is 0 Å². The molecule has 0 amide bonds. The highest BCUT2D eigenvalue weighted by Crippen LogP contribution is 2.39. The second-order valence-electron chi connectivity index (χ2n) is 6.90. The molecule has 8 nitrogen and oxygen atoms in total. The molecule has 0 radical (unpaired) electrons. The van der Waals surface area contributed by atoms with Gasteiger partial charge < -0.3 is 10.1 Å². The standard InChI is InChI=1S/C18H16ClN7O/c1-18(2)14-12(8-27-18)16(23-15(22-14)9-6-20-21-7-9)24-17-11-4-3-10(19)5-13(11)25-26-17/h3-7H,8H2,1-2H3,(H,20,21)(H2,22,23,24,25,26). The summed E-state index contributed by atoms with van der Waals surface area (Å²) in [6.45, 7) is 4.44. The van der Waals surface area contributed by atoms with E-state index in [-0.39, 0.29) is 0 Å². The van der Waals surface area contributed by atoms with E-state index in [1.165, 1.54) is 0 Å². The van der Waals surface area contributed by atoms with Gasteiger partial charge in [-0.15, -0.1) is 0 Å². The smallest absolute Gasteiger partial charge is 0.165 e. The number of aromatic amines is 2. The van der Waals surface area contributed by atoms with Crippen LogP contribution in [-0.4, -0.2) is 30.4 Å². The summed E-state index contributed by atoms with van der Waals surface area (Å²) in [6, 6.07) is 5.59. The molecule has 0 fully saturated rings. The van der Waals surface area contributed by atoms with Crippen LogP contribution in [0, 0.1) is 0 Å². The number of nitrogens with one attached hydrogen (secondary N) is 3. The Kier molecular flexibility index (Phi) is 3.46. The van der Waals surface area contributed by atoms with Gasteiger partial charge in [0.2, 0.25) is 0 Å². The van der Waals surface area contributed by atoms with Crippen LogP contribution in [0.15, 0.2) is 30.6 Å². The number of halogens is 1. The third kappa shape index (κ3) is 2.65. The van der Waals surface area contributed by atoms with E-state index in [0.717, 1.165) is 27.7 Å². The van der Waals surface area contributed by atoms with E-state index in [1.54, 1.807) is 12.4 Å². The van der Waals surface area contributed by atoms with Gasteiger partial charge in [0, 0.05) is 22.2 Å². The van der Waals surface area contributed by atoms with Gasteiger partial charge in [-0.05, 0) is 32.0 Å². The molecule has 0 bridgehead atoms. The second-order valence-corrected chi connectivity index (χ2v) is 7.33. The van der Waals surface area contributed by atoms with Crippen molar-refractivity contribution >= 4 is 34.1 Å². The molecule has 0 saturated heterocycles. The molecule has 1 aliphatic rings. The van der Waals surface area contributed by atoms with Crippen molar-refractivity contribution in [1.82, 2.24) is 30.4 Å². The molecule has 0 spiro atoms. The monoisotopic (exact) mass is 381 g/mol. The highest BCUT2D eigenvalue weighted by atomic mass is 35.5. The van der Waals surface area contributed by atoms with Crippen molar-refractivity contribution in [2.45, 2.75) is 26.1 Å². The summed E-state index contributed by atoms with van der Waals surface area (Å²) in [6.07, 6.45) is 3.46. The Hall–Kier alpha value is -2.97. The normalized spacial score (nSPS) is 15.2. The predicted molar refractivity (Wildman–Crippen MR) is 102 cm³/mol. The zero-order valence-electron chi connectivity index (χ0n) is 14.7. The van der Waals surface area contributed by atoms with Crippen LogP contribution in [-0.2, 0) is 16.9 Å². The SMILES string of the molecule is CC1(C)OCc2c(Nc3n[nH]c4cc(Cl)ccc34)nc(-c3cn[nH]c3)nc21. The number of ether oxygens (including phenoxy) is 1. The van der Waals surface area contributed by atoms with Gasteiger partial charge in [0.05, 0.1) is 29.6 Å². The van der Waals surface area contributed by atoms with Crippen molar-refractivity contribution in [3.05, 3.63) is 46.9 Å². The lowest BCUT2D eigenvalue weighted by atomic mass is 10.0. The van der Waals surface area contributed by atoms with Crippen molar-refractivity contribution < 1.29 is 4.74 Å². The number of benzene rings is 1. The van der Waals surface area contributed by atoms with Crippen LogP contribution in [0.5, 0.6) is 0 Å². The number of hydrogen-bond acceptors (Lipinski definition) is 6. The molecule has 27 heavy (non-hydrogen) atoms. The van der Waals surface area contributed by atoms with Crippen molar-refractivity contribution in [3.8, 4) is 11.4 Å². The first-order valence-corrected chi connectivity index (χ1v) is 8.84. The summed E-state index contributed by atoms with van der Waals surface area (Å²) >= 11 is 6.06. The van der Waals surface area contributed by atoms with E-state index >= 15 is 0 Å². The molecular weight excluding hydrogens is 366 g/mol. The maximum atomic E-state index is 6.06. The van der Waals surface area contributed by atoms with Crippen LogP contribution in [0.4, 0.5) is 11.6 Å². The Bertz CT molecular complexity index is 1150. The molecule has 3 N–H and O–H groups in total. The topological polar surface area (TPSA) is 104 Å². The maximum absolute atomic E-state index is 6.06. The number of fused-ring (bicyclic) bond motifs is 2. The highest BCUT2D eigenvalue weighted by Gasteiger charge is 2.36. The summed E-state index contributed by atoms with van der Waals surface area (Å²) in [5.74, 6) is 1.92. The fourth-order valence-electron chi connectivity index (χ4n) is 3.24. The fourth-order valence-corrected chi connectivity index (χ4v) is 3.42. The number of hydrogen-bond donors (Lipinski definition) is 3. The van der Waals surface area contributed by atoms with E-state index in [0.29, 0.717) is 29.1 Å². The molecule has 4 heterocycles. The predicted octanol–water partition coefficient (Wildman–Crippen LogP) is 3.91. The third-order valence-corrected chi connectivity index (χ3v) is 4.91. The van der Waals surface area contributed by atoms with Gasteiger partial charge >= 0.3 is 0 Å². The zero-order chi connectivity index (χ0) is 18.6. The molecular formula is C18H16ClN7O. The van der Waals surface area contributed by atoms with Gasteiger partial charge in [0.1, 0.15) is 11.4 Å². The largest absolute Gasteiger partial charge is 0.364 e. The second kappa shape index (κ2) is 5.77. The fraction of sp³-hybridized carbons (Fsp3) is 0.222. The first kappa shape index (κ1) is 16.2. The maximum Gasteiger partial charge on any atom is 0.165 e. The van der Waals surface area contributed by atoms with Crippen LogP contribution in [0.3, 0.4) is 0 Å². The summed E-state index contributed by atoms with van der Waals surface area (Å²) in [4.78, 5) is 9.44.